The molecule has 1 amide bonds. The summed E-state index contributed by atoms with van der Waals surface area (Å²) in [4.78, 5) is 60.1. The number of rotatable bonds is 7. The van der Waals surface area contributed by atoms with Crippen molar-refractivity contribution in [3.8, 4) is 0 Å². The zero-order valence-corrected chi connectivity index (χ0v) is 18.6. The Morgan fingerprint density at radius 1 is 0.833 bits per heavy atom. The number of carbonyl (C=O) groups excluding carboxylic acids is 5. The van der Waals surface area contributed by atoms with Crippen LogP contribution in [0.4, 0.5) is 0 Å². The van der Waals surface area contributed by atoms with E-state index in [-0.39, 0.29) is 0 Å². The van der Waals surface area contributed by atoms with E-state index < -0.39 is 71.2 Å². The summed E-state index contributed by atoms with van der Waals surface area (Å²) in [5, 5.41) is 0. The third-order valence-electron chi connectivity index (χ3n) is 3.74. The van der Waals surface area contributed by atoms with Crippen LogP contribution in [0.25, 0.3) is 0 Å². The fourth-order valence-corrected chi connectivity index (χ4v) is 3.40. The number of hydrogen-bond donors (Lipinski definition) is 1. The highest BCUT2D eigenvalue weighted by molar-refractivity contribution is 6.59. The molecular formula is C16H20Cl3NO10. The third kappa shape index (κ3) is 6.86. The zero-order valence-electron chi connectivity index (χ0n) is 16.3. The Morgan fingerprint density at radius 2 is 1.30 bits per heavy atom. The molecular weight excluding hydrogens is 473 g/mol. The first-order valence-electron chi connectivity index (χ1n) is 8.40. The fourth-order valence-electron chi connectivity index (χ4n) is 2.71. The van der Waals surface area contributed by atoms with Crippen LogP contribution in [0.15, 0.2) is 0 Å². The van der Waals surface area contributed by atoms with Crippen molar-refractivity contribution in [2.45, 2.75) is 62.5 Å². The molecule has 0 aromatic heterocycles. The molecule has 1 N–H and O–H groups in total. The lowest BCUT2D eigenvalue weighted by Gasteiger charge is -2.46. The van der Waals surface area contributed by atoms with Gasteiger partial charge in [0.05, 0.1) is 0 Å². The molecule has 30 heavy (non-hydrogen) atoms. The molecule has 1 aliphatic rings. The molecule has 1 fully saturated rings. The van der Waals surface area contributed by atoms with E-state index in [1.165, 1.54) is 0 Å². The van der Waals surface area contributed by atoms with E-state index in [0.29, 0.717) is 0 Å². The summed E-state index contributed by atoms with van der Waals surface area (Å²) in [7, 11) is 0. The number of halogens is 3. The molecule has 0 bridgehead atoms. The second kappa shape index (κ2) is 11.0. The van der Waals surface area contributed by atoms with Gasteiger partial charge in [0.25, 0.3) is 5.91 Å². The molecule has 0 saturated carbocycles. The summed E-state index contributed by atoms with van der Waals surface area (Å²) in [5.41, 5.74) is 0. The first kappa shape index (κ1) is 26.2. The summed E-state index contributed by atoms with van der Waals surface area (Å²) in [6.45, 7) is 3.75. The van der Waals surface area contributed by atoms with Gasteiger partial charge in [0.1, 0.15) is 18.8 Å². The van der Waals surface area contributed by atoms with Gasteiger partial charge in [-0.05, 0) is 0 Å². The number of carbonyl (C=O) groups is 5. The molecule has 0 aromatic carbocycles. The molecule has 1 rings (SSSR count). The first-order valence-corrected chi connectivity index (χ1v) is 9.54. The predicted molar refractivity (Wildman–Crippen MR) is 100 cm³/mol. The molecule has 5 atom stereocenters. The van der Waals surface area contributed by atoms with E-state index in [0.717, 1.165) is 27.7 Å². The molecule has 1 saturated heterocycles. The molecule has 1 unspecified atom stereocenters. The maximum absolute atomic E-state index is 12.1. The van der Waals surface area contributed by atoms with Gasteiger partial charge in [-0.1, -0.05) is 23.2 Å². The van der Waals surface area contributed by atoms with E-state index >= 15 is 0 Å². The molecule has 0 aliphatic carbocycles. The third-order valence-corrected chi connectivity index (χ3v) is 4.68. The Balaban J connectivity index is 3.52. The van der Waals surface area contributed by atoms with Gasteiger partial charge >= 0.3 is 23.9 Å². The van der Waals surface area contributed by atoms with Crippen molar-refractivity contribution in [3.63, 3.8) is 0 Å². The number of ether oxygens (including phenoxy) is 5. The highest BCUT2D eigenvalue weighted by Gasteiger charge is 2.60. The molecule has 1 aliphatic heterocycles. The van der Waals surface area contributed by atoms with Crippen molar-refractivity contribution in [2.75, 3.05) is 6.61 Å². The van der Waals surface area contributed by atoms with Gasteiger partial charge in [-0.3, -0.25) is 28.8 Å². The van der Waals surface area contributed by atoms with Gasteiger partial charge in [0.15, 0.2) is 18.3 Å². The molecule has 0 spiro atoms. The maximum atomic E-state index is 12.1. The lowest BCUT2D eigenvalue weighted by molar-refractivity contribution is -0.253. The highest BCUT2D eigenvalue weighted by atomic mass is 35.5. The average Bonchev–Trinajstić information content (AvgIpc) is 2.61. The zero-order chi connectivity index (χ0) is 23.2. The van der Waals surface area contributed by atoms with Crippen LogP contribution in [0.2, 0.25) is 0 Å². The summed E-state index contributed by atoms with van der Waals surface area (Å²) < 4.78 is 23.6. The van der Waals surface area contributed by atoms with Crippen molar-refractivity contribution in [3.05, 3.63) is 0 Å². The summed E-state index contributed by atoms with van der Waals surface area (Å²) in [6, 6.07) is 0. The standard InChI is InChI=1S/C16H20Cl3NO10/c1-6(21)26-5-10-11(27-7(2)22)12(28-8(3)23)13(29-9(4)24)14(30-10)16(17,18)15(25)20-19/h10-14H,5H2,1-4H3,(H,20,25)/t10-,11-,12+,13+,14?/m1/s1. The van der Waals surface area contributed by atoms with Crippen LogP contribution in [0, 0.1) is 0 Å². The highest BCUT2D eigenvalue weighted by Crippen LogP contribution is 2.39. The van der Waals surface area contributed by atoms with Crippen LogP contribution >= 0.6 is 35.0 Å². The number of hydrogen-bond acceptors (Lipinski definition) is 10. The molecule has 1 heterocycles. The van der Waals surface area contributed by atoms with Crippen molar-refractivity contribution in [1.82, 2.24) is 4.84 Å². The Hall–Kier alpha value is -1.82. The van der Waals surface area contributed by atoms with E-state index in [4.69, 9.17) is 58.7 Å². The molecule has 170 valence electrons. The average molecular weight is 493 g/mol. The Labute approximate surface area is 186 Å². The molecule has 11 nitrogen and oxygen atoms in total. The van der Waals surface area contributed by atoms with E-state index in [2.05, 4.69) is 0 Å². The van der Waals surface area contributed by atoms with E-state index in [1.54, 1.807) is 4.84 Å². The van der Waals surface area contributed by atoms with Crippen LogP contribution in [-0.4, -0.2) is 71.2 Å². The van der Waals surface area contributed by atoms with E-state index in [9.17, 15) is 24.0 Å². The molecule has 0 radical (unpaired) electrons. The number of amides is 1. The number of nitrogens with one attached hydrogen (secondary N) is 1. The Kier molecular flexibility index (Phi) is 9.60. The van der Waals surface area contributed by atoms with Crippen LogP contribution < -0.4 is 4.84 Å². The lowest BCUT2D eigenvalue weighted by atomic mass is 9.92. The van der Waals surface area contributed by atoms with Gasteiger partial charge in [0.2, 0.25) is 4.33 Å². The number of esters is 4. The van der Waals surface area contributed by atoms with Crippen molar-refractivity contribution in [2.24, 2.45) is 0 Å². The predicted octanol–water partition coefficient (Wildman–Crippen LogP) is 0.556. The van der Waals surface area contributed by atoms with Gasteiger partial charge in [-0.25, -0.2) is 0 Å². The normalized spacial score (nSPS) is 26.2. The minimum atomic E-state index is -2.46. The van der Waals surface area contributed by atoms with Gasteiger partial charge in [0, 0.05) is 39.5 Å². The summed E-state index contributed by atoms with van der Waals surface area (Å²) in [5.74, 6) is -4.38. The number of alkyl halides is 2. The first-order chi connectivity index (χ1) is 13.8. The van der Waals surface area contributed by atoms with E-state index in [1.807, 2.05) is 0 Å². The smallest absolute Gasteiger partial charge is 0.303 e. The summed E-state index contributed by atoms with van der Waals surface area (Å²) in [6.07, 6.45) is -7.52. The Bertz CT molecular complexity index is 701. The quantitative estimate of drug-likeness (QED) is 0.232. The van der Waals surface area contributed by atoms with Crippen molar-refractivity contribution < 1.29 is 47.7 Å². The second-order valence-corrected chi connectivity index (χ2v) is 7.74. The van der Waals surface area contributed by atoms with Crippen LogP contribution in [0.3, 0.4) is 0 Å². The van der Waals surface area contributed by atoms with Gasteiger partial charge in [-0.2, -0.15) is 0 Å². The van der Waals surface area contributed by atoms with Crippen molar-refractivity contribution >= 4 is 64.8 Å². The lowest BCUT2D eigenvalue weighted by Crippen LogP contribution is -2.67. The Morgan fingerprint density at radius 3 is 1.73 bits per heavy atom. The summed E-state index contributed by atoms with van der Waals surface area (Å²) >= 11 is 17.6. The molecule has 0 aromatic rings. The molecule has 14 heteroatoms. The van der Waals surface area contributed by atoms with Gasteiger partial charge in [-0.15, -0.1) is 0 Å². The maximum Gasteiger partial charge on any atom is 0.303 e. The fraction of sp³-hybridized carbons (Fsp3) is 0.688. The monoisotopic (exact) mass is 491 g/mol. The minimum Gasteiger partial charge on any atom is -0.463 e. The largest absolute Gasteiger partial charge is 0.463 e. The minimum absolute atomic E-state index is 0.499. The second-order valence-electron chi connectivity index (χ2n) is 6.17. The van der Waals surface area contributed by atoms with Crippen LogP contribution in [0.1, 0.15) is 27.7 Å². The van der Waals surface area contributed by atoms with Crippen LogP contribution in [0.5, 0.6) is 0 Å². The topological polar surface area (TPSA) is 144 Å². The SMILES string of the molecule is CC(=O)OC[C@H]1OC(C(Cl)(Cl)C(=O)NCl)[C@@H](OC(C)=O)[C@@H](OC(C)=O)[C@@H]1OC(C)=O. The van der Waals surface area contributed by atoms with Crippen LogP contribution in [-0.2, 0) is 47.7 Å². The van der Waals surface area contributed by atoms with Crippen molar-refractivity contribution in [1.29, 1.82) is 0 Å². The van der Waals surface area contributed by atoms with Gasteiger partial charge < -0.3 is 23.7 Å².